The van der Waals surface area contributed by atoms with Crippen molar-refractivity contribution in [3.63, 3.8) is 0 Å². The van der Waals surface area contributed by atoms with Gasteiger partial charge >= 0.3 is 0 Å². The molecule has 1 amide bonds. The van der Waals surface area contributed by atoms with Crippen molar-refractivity contribution in [3.05, 3.63) is 33.9 Å². The predicted molar refractivity (Wildman–Crippen MR) is 79.2 cm³/mol. The van der Waals surface area contributed by atoms with Gasteiger partial charge in [0.05, 0.1) is 4.92 Å². The monoisotopic (exact) mass is 294 g/mol. The maximum Gasteiger partial charge on any atom is 0.282 e. The Kier molecular flexibility index (Phi) is 4.65. The minimum Gasteiger partial charge on any atom is -0.338 e. The van der Waals surface area contributed by atoms with Gasteiger partial charge in [-0.2, -0.15) is 0 Å². The van der Waals surface area contributed by atoms with E-state index in [-0.39, 0.29) is 17.2 Å². The molecule has 1 aromatic carbocycles. The molecule has 1 aliphatic heterocycles. The molecule has 6 heteroatoms. The van der Waals surface area contributed by atoms with E-state index in [1.165, 1.54) is 17.8 Å². The summed E-state index contributed by atoms with van der Waals surface area (Å²) in [4.78, 5) is 25.7. The Morgan fingerprint density at radius 2 is 2.05 bits per heavy atom. The first-order chi connectivity index (χ1) is 9.52. The first kappa shape index (κ1) is 14.8. The molecule has 0 saturated carbocycles. The predicted octanol–water partition coefficient (Wildman–Crippen LogP) is 3.19. The number of benzene rings is 1. The topological polar surface area (TPSA) is 63.5 Å². The largest absolute Gasteiger partial charge is 0.338 e. The minimum atomic E-state index is -0.482. The van der Waals surface area contributed by atoms with Crippen molar-refractivity contribution in [2.45, 2.75) is 24.7 Å². The number of nitro groups is 1. The van der Waals surface area contributed by atoms with Gasteiger partial charge in [0.15, 0.2) is 0 Å². The maximum atomic E-state index is 12.5. The van der Waals surface area contributed by atoms with Gasteiger partial charge in [0.1, 0.15) is 5.56 Å². The van der Waals surface area contributed by atoms with Crippen LogP contribution in [-0.2, 0) is 0 Å². The second-order valence-corrected chi connectivity index (χ2v) is 5.99. The summed E-state index contributed by atoms with van der Waals surface area (Å²) < 4.78 is 0. The summed E-state index contributed by atoms with van der Waals surface area (Å²) in [5, 5.41) is 11.1. The van der Waals surface area contributed by atoms with Crippen molar-refractivity contribution in [2.24, 2.45) is 5.92 Å². The number of nitro benzene ring substituents is 1. The van der Waals surface area contributed by atoms with Gasteiger partial charge in [0.25, 0.3) is 11.6 Å². The molecule has 5 nitrogen and oxygen atoms in total. The van der Waals surface area contributed by atoms with Crippen molar-refractivity contribution < 1.29 is 9.72 Å². The Bertz CT molecular complexity index is 525. The standard InChI is InChI=1S/C14H18N2O3S/c1-10-5-7-15(8-6-10)14(17)12-9-11(20-2)3-4-13(12)16(18)19/h3-4,9-10H,5-8H2,1-2H3. The third kappa shape index (κ3) is 3.12. The van der Waals surface area contributed by atoms with E-state index < -0.39 is 4.92 Å². The first-order valence-corrected chi connectivity index (χ1v) is 7.87. The minimum absolute atomic E-state index is 0.105. The summed E-state index contributed by atoms with van der Waals surface area (Å²) in [6, 6.07) is 4.73. The maximum absolute atomic E-state index is 12.5. The van der Waals surface area contributed by atoms with E-state index in [4.69, 9.17) is 0 Å². The van der Waals surface area contributed by atoms with Gasteiger partial charge in [0.2, 0.25) is 0 Å². The number of hydrogen-bond donors (Lipinski definition) is 0. The third-order valence-electron chi connectivity index (χ3n) is 3.70. The zero-order chi connectivity index (χ0) is 14.7. The normalized spacial score (nSPS) is 16.2. The van der Waals surface area contributed by atoms with E-state index >= 15 is 0 Å². The number of likely N-dealkylation sites (tertiary alicyclic amines) is 1. The van der Waals surface area contributed by atoms with Crippen LogP contribution in [0.3, 0.4) is 0 Å². The zero-order valence-electron chi connectivity index (χ0n) is 11.7. The molecule has 1 fully saturated rings. The molecule has 0 bridgehead atoms. The Labute approximate surface area is 122 Å². The van der Waals surface area contributed by atoms with Crippen molar-refractivity contribution in [2.75, 3.05) is 19.3 Å². The van der Waals surface area contributed by atoms with Gasteiger partial charge in [-0.05, 0) is 37.1 Å². The lowest BCUT2D eigenvalue weighted by Gasteiger charge is -2.30. The van der Waals surface area contributed by atoms with Gasteiger partial charge in [-0.15, -0.1) is 11.8 Å². The van der Waals surface area contributed by atoms with Crippen LogP contribution in [-0.4, -0.2) is 35.1 Å². The number of rotatable bonds is 3. The van der Waals surface area contributed by atoms with Crippen molar-refractivity contribution >= 4 is 23.4 Å². The van der Waals surface area contributed by atoms with Crippen LogP contribution in [0.2, 0.25) is 0 Å². The highest BCUT2D eigenvalue weighted by atomic mass is 32.2. The molecule has 1 aromatic rings. The fraction of sp³-hybridized carbons (Fsp3) is 0.500. The molecule has 0 aromatic heterocycles. The lowest BCUT2D eigenvalue weighted by Crippen LogP contribution is -2.38. The summed E-state index contributed by atoms with van der Waals surface area (Å²) in [7, 11) is 0. The average molecular weight is 294 g/mol. The van der Waals surface area contributed by atoms with Gasteiger partial charge in [-0.25, -0.2) is 0 Å². The lowest BCUT2D eigenvalue weighted by atomic mass is 9.98. The highest BCUT2D eigenvalue weighted by Crippen LogP contribution is 2.27. The SMILES string of the molecule is CSc1ccc([N+](=O)[O-])c(C(=O)N2CCC(C)CC2)c1. The quantitative estimate of drug-likeness (QED) is 0.488. The zero-order valence-corrected chi connectivity index (χ0v) is 12.5. The molecule has 0 spiro atoms. The number of piperidine rings is 1. The molecule has 0 aliphatic carbocycles. The van der Waals surface area contributed by atoms with E-state index in [1.807, 2.05) is 6.26 Å². The number of thioether (sulfide) groups is 1. The molecule has 0 unspecified atom stereocenters. The molecule has 1 aliphatic rings. The van der Waals surface area contributed by atoms with E-state index in [2.05, 4.69) is 6.92 Å². The second kappa shape index (κ2) is 6.26. The van der Waals surface area contributed by atoms with Gasteiger partial charge in [0, 0.05) is 24.1 Å². The molecule has 2 rings (SSSR count). The van der Waals surface area contributed by atoms with E-state index in [0.29, 0.717) is 19.0 Å². The molecule has 0 radical (unpaired) electrons. The molecular weight excluding hydrogens is 276 g/mol. The Morgan fingerprint density at radius 1 is 1.40 bits per heavy atom. The summed E-state index contributed by atoms with van der Waals surface area (Å²) in [5.74, 6) is 0.395. The third-order valence-corrected chi connectivity index (χ3v) is 4.43. The smallest absolute Gasteiger partial charge is 0.282 e. The highest BCUT2D eigenvalue weighted by molar-refractivity contribution is 7.98. The van der Waals surface area contributed by atoms with E-state index in [1.54, 1.807) is 17.0 Å². The molecule has 0 N–H and O–H groups in total. The molecule has 1 saturated heterocycles. The molecule has 0 atom stereocenters. The van der Waals surface area contributed by atoms with Crippen LogP contribution in [0, 0.1) is 16.0 Å². The van der Waals surface area contributed by atoms with Crippen LogP contribution in [0.25, 0.3) is 0 Å². The van der Waals surface area contributed by atoms with Crippen LogP contribution in [0.4, 0.5) is 5.69 Å². The number of hydrogen-bond acceptors (Lipinski definition) is 4. The van der Waals surface area contributed by atoms with Gasteiger partial charge in [-0.1, -0.05) is 6.92 Å². The molecular formula is C14H18N2O3S. The van der Waals surface area contributed by atoms with E-state index in [9.17, 15) is 14.9 Å². The Hall–Kier alpha value is -1.56. The lowest BCUT2D eigenvalue weighted by molar-refractivity contribution is -0.385. The number of amides is 1. The second-order valence-electron chi connectivity index (χ2n) is 5.11. The number of nitrogens with zero attached hydrogens (tertiary/aromatic N) is 2. The number of carbonyl (C=O) groups excluding carboxylic acids is 1. The van der Waals surface area contributed by atoms with Crippen LogP contribution in [0.15, 0.2) is 23.1 Å². The van der Waals surface area contributed by atoms with Crippen LogP contribution in [0.5, 0.6) is 0 Å². The fourth-order valence-corrected chi connectivity index (χ4v) is 2.79. The van der Waals surface area contributed by atoms with Crippen molar-refractivity contribution in [1.82, 2.24) is 4.90 Å². The number of carbonyl (C=O) groups is 1. The fourth-order valence-electron chi connectivity index (χ4n) is 2.35. The van der Waals surface area contributed by atoms with Crippen molar-refractivity contribution in [1.29, 1.82) is 0 Å². The van der Waals surface area contributed by atoms with Gasteiger partial charge < -0.3 is 4.90 Å². The van der Waals surface area contributed by atoms with Crippen LogP contribution < -0.4 is 0 Å². The Morgan fingerprint density at radius 3 is 2.60 bits per heavy atom. The van der Waals surface area contributed by atoms with Crippen LogP contribution >= 0.6 is 11.8 Å². The van der Waals surface area contributed by atoms with Gasteiger partial charge in [-0.3, -0.25) is 14.9 Å². The summed E-state index contributed by atoms with van der Waals surface area (Å²) in [5.41, 5.74) is 0.0998. The molecule has 1 heterocycles. The summed E-state index contributed by atoms with van der Waals surface area (Å²) in [6.07, 6.45) is 3.81. The van der Waals surface area contributed by atoms with Crippen LogP contribution in [0.1, 0.15) is 30.1 Å². The van der Waals surface area contributed by atoms with E-state index in [0.717, 1.165) is 17.7 Å². The molecule has 20 heavy (non-hydrogen) atoms. The Balaban J connectivity index is 2.30. The summed E-state index contributed by atoms with van der Waals surface area (Å²) >= 11 is 1.47. The van der Waals surface area contributed by atoms with Crippen molar-refractivity contribution in [3.8, 4) is 0 Å². The summed E-state index contributed by atoms with van der Waals surface area (Å²) in [6.45, 7) is 3.53. The average Bonchev–Trinajstić information content (AvgIpc) is 2.46. The first-order valence-electron chi connectivity index (χ1n) is 6.64. The molecule has 108 valence electrons. The highest BCUT2D eigenvalue weighted by Gasteiger charge is 2.27.